The van der Waals surface area contributed by atoms with Gasteiger partial charge in [0.15, 0.2) is 0 Å². The molecule has 1 aliphatic heterocycles. The molecular formula is C11H23NO. The summed E-state index contributed by atoms with van der Waals surface area (Å²) in [5.74, 6) is 0.588. The van der Waals surface area contributed by atoms with Crippen LogP contribution in [0.3, 0.4) is 0 Å². The van der Waals surface area contributed by atoms with Crippen LogP contribution >= 0.6 is 0 Å². The molecule has 1 saturated heterocycles. The van der Waals surface area contributed by atoms with Crippen molar-refractivity contribution in [1.82, 2.24) is 4.90 Å². The van der Waals surface area contributed by atoms with E-state index in [2.05, 4.69) is 39.5 Å². The van der Waals surface area contributed by atoms with Crippen molar-refractivity contribution in [2.24, 2.45) is 5.92 Å². The number of nitrogens with zero attached hydrogens (tertiary/aromatic N) is 1. The van der Waals surface area contributed by atoms with Gasteiger partial charge in [0.25, 0.3) is 0 Å². The van der Waals surface area contributed by atoms with Crippen molar-refractivity contribution < 1.29 is 4.74 Å². The third kappa shape index (κ3) is 2.44. The quantitative estimate of drug-likeness (QED) is 0.655. The fourth-order valence-electron chi connectivity index (χ4n) is 2.18. The molecule has 0 aromatic carbocycles. The maximum Gasteiger partial charge on any atom is 0.113 e. The summed E-state index contributed by atoms with van der Waals surface area (Å²) >= 11 is 0. The van der Waals surface area contributed by atoms with Gasteiger partial charge in [-0.3, -0.25) is 4.90 Å². The average molecular weight is 185 g/mol. The van der Waals surface area contributed by atoms with Gasteiger partial charge in [-0.1, -0.05) is 13.8 Å². The topological polar surface area (TPSA) is 12.5 Å². The minimum Gasteiger partial charge on any atom is -0.363 e. The Morgan fingerprint density at radius 1 is 1.23 bits per heavy atom. The van der Waals surface area contributed by atoms with Crippen LogP contribution in [0.15, 0.2) is 0 Å². The van der Waals surface area contributed by atoms with E-state index in [1.165, 1.54) is 6.42 Å². The lowest BCUT2D eigenvalue weighted by Gasteiger charge is -2.44. The van der Waals surface area contributed by atoms with Crippen molar-refractivity contribution in [1.29, 1.82) is 0 Å². The fraction of sp³-hybridized carbons (Fsp3) is 1.00. The molecule has 0 spiro atoms. The molecule has 0 bridgehead atoms. The number of hydrogen-bond acceptors (Lipinski definition) is 2. The van der Waals surface area contributed by atoms with E-state index in [1.54, 1.807) is 0 Å². The molecule has 1 aliphatic rings. The summed E-state index contributed by atoms with van der Waals surface area (Å²) in [5.41, 5.74) is 0. The molecule has 2 heteroatoms. The van der Waals surface area contributed by atoms with E-state index in [4.69, 9.17) is 4.74 Å². The van der Waals surface area contributed by atoms with Gasteiger partial charge in [-0.2, -0.15) is 0 Å². The van der Waals surface area contributed by atoms with E-state index in [1.807, 2.05) is 0 Å². The fourth-order valence-corrected chi connectivity index (χ4v) is 2.18. The van der Waals surface area contributed by atoms with E-state index >= 15 is 0 Å². The van der Waals surface area contributed by atoms with E-state index in [-0.39, 0.29) is 0 Å². The smallest absolute Gasteiger partial charge is 0.113 e. The third-order valence-electron chi connectivity index (χ3n) is 2.79. The monoisotopic (exact) mass is 185 g/mol. The van der Waals surface area contributed by atoms with Crippen molar-refractivity contribution in [2.45, 2.75) is 59.4 Å². The molecule has 1 rings (SSSR count). The van der Waals surface area contributed by atoms with Gasteiger partial charge in [0.2, 0.25) is 0 Å². The van der Waals surface area contributed by atoms with Crippen LogP contribution in [0.25, 0.3) is 0 Å². The minimum absolute atomic E-state index is 0.323. The summed E-state index contributed by atoms with van der Waals surface area (Å²) in [4.78, 5) is 2.49. The normalized spacial score (nSPS) is 31.6. The van der Waals surface area contributed by atoms with Gasteiger partial charge in [-0.05, 0) is 33.1 Å². The Morgan fingerprint density at radius 3 is 2.23 bits per heavy atom. The van der Waals surface area contributed by atoms with Crippen LogP contribution in [0.1, 0.15) is 41.0 Å². The summed E-state index contributed by atoms with van der Waals surface area (Å²) in [6.07, 6.45) is 1.49. The summed E-state index contributed by atoms with van der Waals surface area (Å²) in [6, 6.07) is 1.25. The Bertz CT molecular complexity index is 156. The molecule has 0 aromatic rings. The zero-order chi connectivity index (χ0) is 10.0. The van der Waals surface area contributed by atoms with Crippen LogP contribution in [-0.2, 0) is 4.74 Å². The minimum atomic E-state index is 0.323. The van der Waals surface area contributed by atoms with Crippen molar-refractivity contribution in [3.8, 4) is 0 Å². The Morgan fingerprint density at radius 2 is 1.85 bits per heavy atom. The van der Waals surface area contributed by atoms with E-state index in [0.29, 0.717) is 24.2 Å². The summed E-state index contributed by atoms with van der Waals surface area (Å²) in [7, 11) is 0. The van der Waals surface area contributed by atoms with Gasteiger partial charge in [0.05, 0.1) is 6.61 Å². The van der Waals surface area contributed by atoms with Crippen LogP contribution in [0.4, 0.5) is 0 Å². The number of ether oxygens (including phenoxy) is 1. The first-order valence-electron chi connectivity index (χ1n) is 5.43. The molecule has 0 N–H and O–H groups in total. The molecule has 2 nitrogen and oxygen atoms in total. The van der Waals surface area contributed by atoms with Crippen LogP contribution < -0.4 is 0 Å². The molecule has 1 heterocycles. The Labute approximate surface area is 82.3 Å². The third-order valence-corrected chi connectivity index (χ3v) is 2.79. The van der Waals surface area contributed by atoms with Crippen molar-refractivity contribution >= 4 is 0 Å². The second kappa shape index (κ2) is 4.43. The molecule has 1 unspecified atom stereocenters. The van der Waals surface area contributed by atoms with Crippen molar-refractivity contribution in [2.75, 3.05) is 6.61 Å². The molecule has 2 atom stereocenters. The predicted octanol–water partition coefficient (Wildman–Crippen LogP) is 2.49. The number of hydrogen-bond donors (Lipinski definition) is 0. The maximum atomic E-state index is 5.81. The van der Waals surface area contributed by atoms with Crippen LogP contribution in [-0.4, -0.2) is 29.8 Å². The van der Waals surface area contributed by atoms with Gasteiger partial charge < -0.3 is 4.74 Å². The highest BCUT2D eigenvalue weighted by molar-refractivity contribution is 4.79. The van der Waals surface area contributed by atoms with Crippen LogP contribution in [0, 0.1) is 5.92 Å². The second-order valence-electron chi connectivity index (χ2n) is 4.68. The molecular weight excluding hydrogens is 162 g/mol. The Hall–Kier alpha value is -0.0800. The molecule has 13 heavy (non-hydrogen) atoms. The number of rotatable bonds is 2. The molecule has 0 saturated carbocycles. The molecule has 0 radical (unpaired) electrons. The highest BCUT2D eigenvalue weighted by Crippen LogP contribution is 2.24. The van der Waals surface area contributed by atoms with Gasteiger partial charge in [-0.15, -0.1) is 0 Å². The van der Waals surface area contributed by atoms with Crippen molar-refractivity contribution in [3.63, 3.8) is 0 Å². The second-order valence-corrected chi connectivity index (χ2v) is 4.68. The van der Waals surface area contributed by atoms with Crippen LogP contribution in [0.2, 0.25) is 0 Å². The zero-order valence-electron chi connectivity index (χ0n) is 9.58. The SMILES string of the molecule is CC(C)C1OCC[C@@H](C)N1C(C)C. The predicted molar refractivity (Wildman–Crippen MR) is 55.6 cm³/mol. The zero-order valence-corrected chi connectivity index (χ0v) is 9.58. The summed E-state index contributed by atoms with van der Waals surface area (Å²) in [5, 5.41) is 0. The van der Waals surface area contributed by atoms with E-state index in [9.17, 15) is 0 Å². The molecule has 0 aromatic heterocycles. The lowest BCUT2D eigenvalue weighted by Crippen LogP contribution is -2.53. The van der Waals surface area contributed by atoms with E-state index < -0.39 is 0 Å². The van der Waals surface area contributed by atoms with Gasteiger partial charge in [0.1, 0.15) is 6.23 Å². The Balaban J connectivity index is 2.68. The van der Waals surface area contributed by atoms with Gasteiger partial charge in [0, 0.05) is 12.1 Å². The first kappa shape index (κ1) is 11.0. The summed E-state index contributed by atoms with van der Waals surface area (Å²) in [6.45, 7) is 12.2. The first-order chi connectivity index (χ1) is 6.04. The standard InChI is InChI=1S/C11H23NO/c1-8(2)11-12(9(3)4)10(5)6-7-13-11/h8-11H,6-7H2,1-5H3/t10-,11?/m1/s1. The van der Waals surface area contributed by atoms with Gasteiger partial charge in [-0.25, -0.2) is 0 Å². The first-order valence-corrected chi connectivity index (χ1v) is 5.43. The molecule has 78 valence electrons. The maximum absolute atomic E-state index is 5.81. The molecule has 1 fully saturated rings. The summed E-state index contributed by atoms with van der Waals surface area (Å²) < 4.78 is 5.81. The van der Waals surface area contributed by atoms with Crippen LogP contribution in [0.5, 0.6) is 0 Å². The largest absolute Gasteiger partial charge is 0.363 e. The van der Waals surface area contributed by atoms with Gasteiger partial charge >= 0.3 is 0 Å². The highest BCUT2D eigenvalue weighted by atomic mass is 16.5. The van der Waals surface area contributed by atoms with E-state index in [0.717, 1.165) is 6.61 Å². The lowest BCUT2D eigenvalue weighted by atomic mass is 10.0. The molecule has 0 amide bonds. The highest BCUT2D eigenvalue weighted by Gasteiger charge is 2.32. The molecule has 0 aliphatic carbocycles. The lowest BCUT2D eigenvalue weighted by molar-refractivity contribution is -0.152. The van der Waals surface area contributed by atoms with Crippen molar-refractivity contribution in [3.05, 3.63) is 0 Å². The Kier molecular flexibility index (Phi) is 3.74. The average Bonchev–Trinajstić information content (AvgIpc) is 2.02.